The van der Waals surface area contributed by atoms with Crippen molar-refractivity contribution >= 4 is 11.6 Å². The first kappa shape index (κ1) is 17.7. The van der Waals surface area contributed by atoms with Crippen LogP contribution in [-0.4, -0.2) is 22.8 Å². The lowest BCUT2D eigenvalue weighted by Gasteiger charge is -2.17. The molecule has 132 valence electrons. The summed E-state index contributed by atoms with van der Waals surface area (Å²) in [6.07, 6.45) is 1.67. The summed E-state index contributed by atoms with van der Waals surface area (Å²) in [4.78, 5) is 18.6. The number of nitrogens with one attached hydrogen (secondary N) is 1. The van der Waals surface area contributed by atoms with Crippen molar-refractivity contribution in [3.63, 3.8) is 0 Å². The molecule has 0 saturated heterocycles. The number of amides is 1. The number of pyridine rings is 1. The molecule has 1 heterocycles. The molecule has 0 saturated carbocycles. The topological polar surface area (TPSA) is 45.2 Å². The second-order valence-electron chi connectivity index (χ2n) is 6.42. The minimum atomic E-state index is -0.0900. The normalized spacial score (nSPS) is 10.4. The summed E-state index contributed by atoms with van der Waals surface area (Å²) in [7, 11) is 1.80. The molecule has 0 fully saturated rings. The third-order valence-electron chi connectivity index (χ3n) is 4.21. The van der Waals surface area contributed by atoms with Gasteiger partial charge in [0.1, 0.15) is 5.69 Å². The molecule has 0 aliphatic carbocycles. The number of carbonyl (C=O) groups is 1. The van der Waals surface area contributed by atoms with E-state index in [9.17, 15) is 4.79 Å². The number of carbonyl (C=O) groups excluding carboxylic acids is 1. The van der Waals surface area contributed by atoms with Crippen molar-refractivity contribution in [2.45, 2.75) is 20.0 Å². The summed E-state index contributed by atoms with van der Waals surface area (Å²) in [5, 5.41) is 3.35. The van der Waals surface area contributed by atoms with Crippen molar-refractivity contribution < 1.29 is 4.79 Å². The van der Waals surface area contributed by atoms with Gasteiger partial charge >= 0.3 is 0 Å². The second kappa shape index (κ2) is 8.30. The third kappa shape index (κ3) is 4.70. The van der Waals surface area contributed by atoms with Gasteiger partial charge in [-0.25, -0.2) is 0 Å². The Morgan fingerprint density at radius 1 is 1.00 bits per heavy atom. The van der Waals surface area contributed by atoms with Crippen LogP contribution >= 0.6 is 0 Å². The lowest BCUT2D eigenvalue weighted by Crippen LogP contribution is -2.27. The molecule has 4 heteroatoms. The van der Waals surface area contributed by atoms with Gasteiger partial charge in [0.25, 0.3) is 5.91 Å². The average Bonchev–Trinajstić information content (AvgIpc) is 2.68. The van der Waals surface area contributed by atoms with Gasteiger partial charge in [0.2, 0.25) is 0 Å². The Kier molecular flexibility index (Phi) is 5.64. The van der Waals surface area contributed by atoms with Crippen LogP contribution < -0.4 is 5.32 Å². The molecule has 0 aliphatic rings. The molecule has 0 radical (unpaired) electrons. The maximum Gasteiger partial charge on any atom is 0.272 e. The van der Waals surface area contributed by atoms with Crippen molar-refractivity contribution in [1.29, 1.82) is 0 Å². The molecule has 1 aromatic heterocycles. The monoisotopic (exact) mass is 345 g/mol. The predicted molar refractivity (Wildman–Crippen MR) is 105 cm³/mol. The summed E-state index contributed by atoms with van der Waals surface area (Å²) in [5.74, 6) is -0.0900. The fourth-order valence-electron chi connectivity index (χ4n) is 2.69. The summed E-state index contributed by atoms with van der Waals surface area (Å²) >= 11 is 0. The zero-order valence-corrected chi connectivity index (χ0v) is 15.1. The molecule has 3 aromatic rings. The lowest BCUT2D eigenvalue weighted by molar-refractivity contribution is 0.0779. The Labute approximate surface area is 154 Å². The first-order valence-electron chi connectivity index (χ1n) is 8.67. The molecular weight excluding hydrogens is 322 g/mol. The fourth-order valence-corrected chi connectivity index (χ4v) is 2.69. The van der Waals surface area contributed by atoms with Crippen LogP contribution in [0.3, 0.4) is 0 Å². The van der Waals surface area contributed by atoms with Crippen molar-refractivity contribution in [3.8, 4) is 0 Å². The zero-order chi connectivity index (χ0) is 18.4. The Morgan fingerprint density at radius 2 is 1.73 bits per heavy atom. The molecule has 2 aromatic carbocycles. The Hall–Kier alpha value is -3.14. The summed E-state index contributed by atoms with van der Waals surface area (Å²) in [6, 6.07) is 22.0. The molecule has 4 nitrogen and oxygen atoms in total. The largest absolute Gasteiger partial charge is 0.381 e. The Bertz CT molecular complexity index is 860. The molecule has 1 N–H and O–H groups in total. The van der Waals surface area contributed by atoms with Gasteiger partial charge in [-0.3, -0.25) is 9.78 Å². The highest BCUT2D eigenvalue weighted by molar-refractivity contribution is 5.92. The van der Waals surface area contributed by atoms with Gasteiger partial charge in [-0.15, -0.1) is 0 Å². The molecule has 0 unspecified atom stereocenters. The number of aromatic nitrogens is 1. The summed E-state index contributed by atoms with van der Waals surface area (Å²) < 4.78 is 0. The van der Waals surface area contributed by atoms with Crippen LogP contribution in [0.15, 0.2) is 72.9 Å². The van der Waals surface area contributed by atoms with Crippen LogP contribution in [0, 0.1) is 6.92 Å². The van der Waals surface area contributed by atoms with E-state index >= 15 is 0 Å². The molecule has 1 amide bonds. The van der Waals surface area contributed by atoms with Gasteiger partial charge in [0.05, 0.1) is 0 Å². The quantitative estimate of drug-likeness (QED) is 0.725. The SMILES string of the molecule is Cc1ccc(CNc2ccnc(C(=O)N(C)Cc3ccccc3)c2)cc1. The van der Waals surface area contributed by atoms with Gasteiger partial charge in [-0.1, -0.05) is 60.2 Å². The van der Waals surface area contributed by atoms with Crippen molar-refractivity contribution in [3.05, 3.63) is 95.3 Å². The molecule has 0 bridgehead atoms. The predicted octanol–water partition coefficient (Wildman–Crippen LogP) is 4.27. The fraction of sp³-hybridized carbons (Fsp3) is 0.182. The molecule has 3 rings (SSSR count). The van der Waals surface area contributed by atoms with E-state index in [1.54, 1.807) is 24.2 Å². The minimum Gasteiger partial charge on any atom is -0.381 e. The number of hydrogen-bond donors (Lipinski definition) is 1. The molecular formula is C22H23N3O. The summed E-state index contributed by atoms with van der Waals surface area (Å²) in [5.41, 5.74) is 4.86. The highest BCUT2D eigenvalue weighted by Crippen LogP contribution is 2.13. The minimum absolute atomic E-state index is 0.0900. The zero-order valence-electron chi connectivity index (χ0n) is 15.1. The van der Waals surface area contributed by atoms with Gasteiger partial charge in [-0.05, 0) is 30.2 Å². The van der Waals surface area contributed by atoms with Crippen LogP contribution in [0.1, 0.15) is 27.2 Å². The second-order valence-corrected chi connectivity index (χ2v) is 6.42. The van der Waals surface area contributed by atoms with E-state index < -0.39 is 0 Å². The Balaban J connectivity index is 1.64. The van der Waals surface area contributed by atoms with Crippen LogP contribution in [0.4, 0.5) is 5.69 Å². The highest BCUT2D eigenvalue weighted by Gasteiger charge is 2.14. The smallest absolute Gasteiger partial charge is 0.272 e. The third-order valence-corrected chi connectivity index (χ3v) is 4.21. The first-order valence-corrected chi connectivity index (χ1v) is 8.67. The van der Waals surface area contributed by atoms with Gasteiger partial charge < -0.3 is 10.2 Å². The van der Waals surface area contributed by atoms with E-state index in [0.717, 1.165) is 11.3 Å². The standard InChI is InChI=1S/C22H23N3O/c1-17-8-10-18(11-9-17)15-24-20-12-13-23-21(14-20)22(26)25(2)16-19-6-4-3-5-7-19/h3-14H,15-16H2,1-2H3,(H,23,24). The first-order chi connectivity index (χ1) is 12.6. The van der Waals surface area contributed by atoms with E-state index in [2.05, 4.69) is 41.5 Å². The summed E-state index contributed by atoms with van der Waals surface area (Å²) in [6.45, 7) is 3.34. The highest BCUT2D eigenvalue weighted by atomic mass is 16.2. The van der Waals surface area contributed by atoms with Crippen LogP contribution in [0.2, 0.25) is 0 Å². The van der Waals surface area contributed by atoms with E-state index in [1.807, 2.05) is 36.4 Å². The maximum atomic E-state index is 12.6. The number of hydrogen-bond acceptors (Lipinski definition) is 3. The van der Waals surface area contributed by atoms with Crippen LogP contribution in [-0.2, 0) is 13.1 Å². The van der Waals surface area contributed by atoms with Gasteiger partial charge in [0.15, 0.2) is 0 Å². The van der Waals surface area contributed by atoms with E-state index in [-0.39, 0.29) is 5.91 Å². The van der Waals surface area contributed by atoms with E-state index in [4.69, 9.17) is 0 Å². The number of rotatable bonds is 6. The number of nitrogens with zero attached hydrogens (tertiary/aromatic N) is 2. The molecule has 0 aliphatic heterocycles. The van der Waals surface area contributed by atoms with Crippen LogP contribution in [0.5, 0.6) is 0 Å². The average molecular weight is 345 g/mol. The molecule has 26 heavy (non-hydrogen) atoms. The molecule has 0 spiro atoms. The van der Waals surface area contributed by atoms with Crippen molar-refractivity contribution in [2.24, 2.45) is 0 Å². The van der Waals surface area contributed by atoms with Gasteiger partial charge in [0, 0.05) is 32.0 Å². The lowest BCUT2D eigenvalue weighted by atomic mass is 10.1. The van der Waals surface area contributed by atoms with Crippen molar-refractivity contribution in [2.75, 3.05) is 12.4 Å². The van der Waals surface area contributed by atoms with Crippen molar-refractivity contribution in [1.82, 2.24) is 9.88 Å². The molecule has 0 atom stereocenters. The van der Waals surface area contributed by atoms with Gasteiger partial charge in [-0.2, -0.15) is 0 Å². The number of aryl methyl sites for hydroxylation is 1. The number of anilines is 1. The van der Waals surface area contributed by atoms with E-state index in [0.29, 0.717) is 18.8 Å². The Morgan fingerprint density at radius 3 is 2.46 bits per heavy atom. The number of benzene rings is 2. The maximum absolute atomic E-state index is 12.6. The van der Waals surface area contributed by atoms with E-state index in [1.165, 1.54) is 11.1 Å². The van der Waals surface area contributed by atoms with Crippen LogP contribution in [0.25, 0.3) is 0 Å².